The summed E-state index contributed by atoms with van der Waals surface area (Å²) in [7, 11) is 1.93. The molecule has 1 fully saturated rings. The number of nitrogens with one attached hydrogen (secondary N) is 1. The van der Waals surface area contributed by atoms with Crippen LogP contribution in [0.2, 0.25) is 5.02 Å². The van der Waals surface area contributed by atoms with Crippen molar-refractivity contribution in [3.8, 4) is 5.75 Å². The average Bonchev–Trinajstić information content (AvgIpc) is 2.90. The molecule has 2 rings (SSSR count). The van der Waals surface area contributed by atoms with Gasteiger partial charge in [-0.2, -0.15) is 0 Å². The minimum Gasteiger partial charge on any atom is -0.492 e. The van der Waals surface area contributed by atoms with E-state index in [-0.39, 0.29) is 0 Å². The van der Waals surface area contributed by atoms with Crippen LogP contribution in [-0.4, -0.2) is 38.2 Å². The average molecular weight is 283 g/mol. The maximum Gasteiger partial charge on any atom is 0.142 e. The Balaban J connectivity index is 1.80. The van der Waals surface area contributed by atoms with Crippen molar-refractivity contribution >= 4 is 11.6 Å². The fourth-order valence-corrected chi connectivity index (χ4v) is 2.76. The van der Waals surface area contributed by atoms with E-state index in [2.05, 4.69) is 16.3 Å². The molecule has 0 radical (unpaired) electrons. The van der Waals surface area contributed by atoms with Crippen molar-refractivity contribution in [1.29, 1.82) is 0 Å². The van der Waals surface area contributed by atoms with Crippen molar-refractivity contribution in [2.45, 2.75) is 25.8 Å². The third kappa shape index (κ3) is 4.37. The van der Waals surface area contributed by atoms with E-state index >= 15 is 0 Å². The molecule has 0 unspecified atom stereocenters. The van der Waals surface area contributed by atoms with E-state index in [1.165, 1.54) is 25.9 Å². The van der Waals surface area contributed by atoms with Gasteiger partial charge < -0.3 is 15.0 Å². The zero-order valence-electron chi connectivity index (χ0n) is 11.6. The van der Waals surface area contributed by atoms with E-state index in [1.54, 1.807) is 0 Å². The molecule has 1 saturated heterocycles. The molecule has 0 amide bonds. The van der Waals surface area contributed by atoms with Gasteiger partial charge in [0.05, 0.1) is 11.6 Å². The van der Waals surface area contributed by atoms with Gasteiger partial charge in [-0.1, -0.05) is 23.7 Å². The van der Waals surface area contributed by atoms with E-state index in [4.69, 9.17) is 16.3 Å². The lowest BCUT2D eigenvalue weighted by molar-refractivity contribution is 0.261. The highest BCUT2D eigenvalue weighted by Crippen LogP contribution is 2.28. The molecule has 0 atom stereocenters. The van der Waals surface area contributed by atoms with Gasteiger partial charge in [-0.3, -0.25) is 0 Å². The second-order valence-corrected chi connectivity index (χ2v) is 5.42. The first-order valence-corrected chi connectivity index (χ1v) is 7.46. The lowest BCUT2D eigenvalue weighted by Crippen LogP contribution is -2.22. The van der Waals surface area contributed by atoms with Crippen molar-refractivity contribution in [2.24, 2.45) is 0 Å². The number of likely N-dealkylation sites (tertiary alicyclic amines) is 1. The first-order chi connectivity index (χ1) is 9.31. The molecule has 1 aliphatic heterocycles. The molecular formula is C15H23ClN2O. The molecule has 0 aromatic heterocycles. The quantitative estimate of drug-likeness (QED) is 0.778. The smallest absolute Gasteiger partial charge is 0.142 e. The number of benzene rings is 1. The number of hydrogen-bond acceptors (Lipinski definition) is 3. The van der Waals surface area contributed by atoms with Gasteiger partial charge in [0, 0.05) is 18.7 Å². The van der Waals surface area contributed by atoms with Crippen molar-refractivity contribution < 1.29 is 4.74 Å². The highest BCUT2D eigenvalue weighted by atomic mass is 35.5. The fourth-order valence-electron chi connectivity index (χ4n) is 2.51. The molecule has 4 heteroatoms. The van der Waals surface area contributed by atoms with E-state index in [0.717, 1.165) is 37.4 Å². The van der Waals surface area contributed by atoms with Crippen LogP contribution in [0.5, 0.6) is 5.75 Å². The number of hydrogen-bond donors (Lipinski definition) is 1. The summed E-state index contributed by atoms with van der Waals surface area (Å²) in [6.07, 6.45) is 3.75. The number of para-hydroxylation sites is 1. The lowest BCUT2D eigenvalue weighted by atomic mass is 10.2. The Morgan fingerprint density at radius 3 is 2.84 bits per heavy atom. The Morgan fingerprint density at radius 2 is 2.11 bits per heavy atom. The van der Waals surface area contributed by atoms with Gasteiger partial charge in [0.15, 0.2) is 0 Å². The van der Waals surface area contributed by atoms with Gasteiger partial charge in [0.25, 0.3) is 0 Å². The van der Waals surface area contributed by atoms with Crippen molar-refractivity contribution in [3.05, 3.63) is 28.8 Å². The van der Waals surface area contributed by atoms with Gasteiger partial charge in [-0.15, -0.1) is 0 Å². The number of ether oxygens (including phenoxy) is 1. The molecule has 1 heterocycles. The molecule has 1 aromatic rings. The Labute approximate surface area is 120 Å². The monoisotopic (exact) mass is 282 g/mol. The standard InChI is InChI=1S/C15H23ClN2O/c1-17-12-13-6-4-7-14(16)15(13)19-11-5-10-18-8-2-3-9-18/h4,6-7,17H,2-3,5,8-12H2,1H3. The summed E-state index contributed by atoms with van der Waals surface area (Å²) in [5.41, 5.74) is 1.12. The zero-order valence-corrected chi connectivity index (χ0v) is 12.4. The molecule has 1 aliphatic rings. The van der Waals surface area contributed by atoms with Crippen LogP contribution in [0.15, 0.2) is 18.2 Å². The molecule has 1 aromatic carbocycles. The van der Waals surface area contributed by atoms with Crippen molar-refractivity contribution in [2.75, 3.05) is 33.3 Å². The van der Waals surface area contributed by atoms with Crippen LogP contribution in [0.3, 0.4) is 0 Å². The predicted octanol–water partition coefficient (Wildman–Crippen LogP) is 2.92. The second-order valence-electron chi connectivity index (χ2n) is 5.01. The molecule has 0 saturated carbocycles. The minimum absolute atomic E-state index is 0.703. The van der Waals surface area contributed by atoms with Crippen LogP contribution in [0.25, 0.3) is 0 Å². The minimum atomic E-state index is 0.703. The van der Waals surface area contributed by atoms with E-state index in [9.17, 15) is 0 Å². The maximum absolute atomic E-state index is 6.21. The highest BCUT2D eigenvalue weighted by molar-refractivity contribution is 6.32. The highest BCUT2D eigenvalue weighted by Gasteiger charge is 2.11. The van der Waals surface area contributed by atoms with Crippen molar-refractivity contribution in [3.63, 3.8) is 0 Å². The summed E-state index contributed by atoms with van der Waals surface area (Å²) in [5.74, 6) is 0.833. The van der Waals surface area contributed by atoms with Crippen LogP contribution in [-0.2, 0) is 6.54 Å². The van der Waals surface area contributed by atoms with Crippen LogP contribution in [0.1, 0.15) is 24.8 Å². The SMILES string of the molecule is CNCc1cccc(Cl)c1OCCCN1CCCC1. The summed E-state index contributed by atoms with van der Waals surface area (Å²) in [4.78, 5) is 2.50. The summed E-state index contributed by atoms with van der Waals surface area (Å²) >= 11 is 6.21. The Kier molecular flexibility index (Phi) is 5.95. The van der Waals surface area contributed by atoms with Gasteiger partial charge >= 0.3 is 0 Å². The third-order valence-corrected chi connectivity index (χ3v) is 3.78. The third-order valence-electron chi connectivity index (χ3n) is 3.48. The van der Waals surface area contributed by atoms with E-state index < -0.39 is 0 Å². The van der Waals surface area contributed by atoms with Gasteiger partial charge in [-0.25, -0.2) is 0 Å². The topological polar surface area (TPSA) is 24.5 Å². The zero-order chi connectivity index (χ0) is 13.5. The van der Waals surface area contributed by atoms with Gasteiger partial charge in [0.1, 0.15) is 5.75 Å². The van der Waals surface area contributed by atoms with E-state index in [0.29, 0.717) is 5.02 Å². The Hall–Kier alpha value is -0.770. The second kappa shape index (κ2) is 7.73. The molecule has 106 valence electrons. The number of halogens is 1. The molecule has 19 heavy (non-hydrogen) atoms. The molecule has 0 bridgehead atoms. The number of nitrogens with zero attached hydrogens (tertiary/aromatic N) is 1. The first-order valence-electron chi connectivity index (χ1n) is 7.08. The first kappa shape index (κ1) is 14.6. The largest absolute Gasteiger partial charge is 0.492 e. The molecule has 0 aliphatic carbocycles. The van der Waals surface area contributed by atoms with Gasteiger partial charge in [-0.05, 0) is 45.5 Å². The summed E-state index contributed by atoms with van der Waals surface area (Å²) in [5, 5.41) is 3.84. The lowest BCUT2D eigenvalue weighted by Gasteiger charge is -2.16. The Bertz CT molecular complexity index is 392. The summed E-state index contributed by atoms with van der Waals surface area (Å²) in [6.45, 7) is 5.14. The van der Waals surface area contributed by atoms with Crippen LogP contribution in [0.4, 0.5) is 0 Å². The molecule has 3 nitrogen and oxygen atoms in total. The van der Waals surface area contributed by atoms with Crippen LogP contribution in [0, 0.1) is 0 Å². The summed E-state index contributed by atoms with van der Waals surface area (Å²) < 4.78 is 5.88. The van der Waals surface area contributed by atoms with Crippen LogP contribution < -0.4 is 10.1 Å². The molecule has 1 N–H and O–H groups in total. The molecular weight excluding hydrogens is 260 g/mol. The van der Waals surface area contributed by atoms with E-state index in [1.807, 2.05) is 19.2 Å². The van der Waals surface area contributed by atoms with Gasteiger partial charge in [0.2, 0.25) is 0 Å². The summed E-state index contributed by atoms with van der Waals surface area (Å²) in [6, 6.07) is 5.90. The van der Waals surface area contributed by atoms with Crippen LogP contribution >= 0.6 is 11.6 Å². The fraction of sp³-hybridized carbons (Fsp3) is 0.600. The molecule has 0 spiro atoms. The number of rotatable bonds is 7. The normalized spacial score (nSPS) is 15.9. The predicted molar refractivity (Wildman–Crippen MR) is 80.0 cm³/mol. The van der Waals surface area contributed by atoms with Crippen molar-refractivity contribution in [1.82, 2.24) is 10.2 Å². The Morgan fingerprint density at radius 1 is 1.32 bits per heavy atom. The maximum atomic E-state index is 6.21.